The van der Waals surface area contributed by atoms with E-state index in [2.05, 4.69) is 16.0 Å². The molecule has 1 atom stereocenters. The Morgan fingerprint density at radius 1 is 0.729 bits per heavy atom. The number of anilines is 2. The van der Waals surface area contributed by atoms with Crippen molar-refractivity contribution in [1.29, 1.82) is 0 Å². The molecule has 5 aromatic rings. The summed E-state index contributed by atoms with van der Waals surface area (Å²) in [5, 5.41) is 8.22. The summed E-state index contributed by atoms with van der Waals surface area (Å²) in [5.74, 6) is -0.509. The van der Waals surface area contributed by atoms with E-state index < -0.39 is 17.1 Å². The van der Waals surface area contributed by atoms with Crippen molar-refractivity contribution in [2.24, 2.45) is 0 Å². The normalized spacial score (nSPS) is 11.7. The molecule has 0 heterocycles. The van der Waals surface area contributed by atoms with Gasteiger partial charge in [-0.1, -0.05) is 78.9 Å². The number of hydrogen-bond acceptors (Lipinski definition) is 5. The van der Waals surface area contributed by atoms with Gasteiger partial charge in [-0.05, 0) is 92.1 Å². The predicted octanol–water partition coefficient (Wildman–Crippen LogP) is 8.58. The van der Waals surface area contributed by atoms with Gasteiger partial charge >= 0.3 is 0 Å². The molecule has 5 aromatic carbocycles. The third kappa shape index (κ3) is 9.02. The Morgan fingerprint density at radius 2 is 1.42 bits per heavy atom. The van der Waals surface area contributed by atoms with Crippen LogP contribution in [-0.4, -0.2) is 24.3 Å². The molecule has 3 amide bonds. The number of thioether (sulfide) groups is 1. The molecule has 242 valence electrons. The Labute approximate surface area is 285 Å². The van der Waals surface area contributed by atoms with Crippen LogP contribution in [0.4, 0.5) is 11.4 Å². The van der Waals surface area contributed by atoms with Crippen molar-refractivity contribution >= 4 is 46.9 Å². The van der Waals surface area contributed by atoms with Gasteiger partial charge in [-0.25, -0.2) is 0 Å². The molecule has 3 N–H and O–H groups in total. The summed E-state index contributed by atoms with van der Waals surface area (Å²) in [5.41, 5.74) is 5.43. The molecular weight excluding hydrogens is 619 g/mol. The SMILES string of the molecule is CCOc1ccccc1/C=C(/NC(=O)c1ccccc1)C(=O)Nc1cccc(SC(C(=O)Nc2ccc(C)c(C)c2)c2ccccc2)c1. The van der Waals surface area contributed by atoms with Crippen molar-refractivity contribution in [2.45, 2.75) is 30.9 Å². The topological polar surface area (TPSA) is 96.5 Å². The Morgan fingerprint density at radius 3 is 2.15 bits per heavy atom. The minimum Gasteiger partial charge on any atom is -0.493 e. The largest absolute Gasteiger partial charge is 0.493 e. The average molecular weight is 656 g/mol. The Kier molecular flexibility index (Phi) is 11.5. The van der Waals surface area contributed by atoms with E-state index >= 15 is 0 Å². The fourth-order valence-corrected chi connectivity index (χ4v) is 5.98. The summed E-state index contributed by atoms with van der Waals surface area (Å²) in [4.78, 5) is 41.4. The second-order valence-electron chi connectivity index (χ2n) is 11.0. The van der Waals surface area contributed by atoms with E-state index in [1.54, 1.807) is 36.4 Å². The second-order valence-corrected chi connectivity index (χ2v) is 12.2. The zero-order valence-corrected chi connectivity index (χ0v) is 27.8. The number of hydrogen-bond donors (Lipinski definition) is 3. The number of carbonyl (C=O) groups excluding carboxylic acids is 3. The lowest BCUT2D eigenvalue weighted by atomic mass is 10.1. The van der Waals surface area contributed by atoms with Crippen LogP contribution in [0.1, 0.15) is 44.8 Å². The lowest BCUT2D eigenvalue weighted by molar-refractivity contribution is -0.116. The maximum absolute atomic E-state index is 13.8. The minimum atomic E-state index is -0.561. The number of rotatable bonds is 12. The third-order valence-corrected chi connectivity index (χ3v) is 8.76. The first-order chi connectivity index (χ1) is 23.3. The zero-order valence-electron chi connectivity index (χ0n) is 27.0. The maximum Gasteiger partial charge on any atom is 0.272 e. The van der Waals surface area contributed by atoms with E-state index in [4.69, 9.17) is 4.74 Å². The fourth-order valence-electron chi connectivity index (χ4n) is 4.89. The molecule has 5 rings (SSSR count). The molecule has 7 nitrogen and oxygen atoms in total. The van der Waals surface area contributed by atoms with Crippen LogP contribution in [0.25, 0.3) is 6.08 Å². The molecular formula is C40H37N3O4S. The molecule has 0 spiro atoms. The lowest BCUT2D eigenvalue weighted by Crippen LogP contribution is -2.30. The zero-order chi connectivity index (χ0) is 33.9. The highest BCUT2D eigenvalue weighted by atomic mass is 32.2. The summed E-state index contributed by atoms with van der Waals surface area (Å²) in [6.45, 7) is 6.37. The molecule has 0 fully saturated rings. The molecule has 0 saturated carbocycles. The Hall–Kier alpha value is -5.60. The molecule has 0 radical (unpaired) electrons. The summed E-state index contributed by atoms with van der Waals surface area (Å²) >= 11 is 1.38. The average Bonchev–Trinajstić information content (AvgIpc) is 3.10. The number of amides is 3. The van der Waals surface area contributed by atoms with E-state index in [1.807, 2.05) is 118 Å². The van der Waals surface area contributed by atoms with Crippen molar-refractivity contribution in [1.82, 2.24) is 5.32 Å². The number of carbonyl (C=O) groups is 3. The highest BCUT2D eigenvalue weighted by molar-refractivity contribution is 8.00. The number of nitrogens with one attached hydrogen (secondary N) is 3. The summed E-state index contributed by atoms with van der Waals surface area (Å²) in [6, 6.07) is 38.7. The monoisotopic (exact) mass is 655 g/mol. The van der Waals surface area contributed by atoms with Gasteiger partial charge in [-0.2, -0.15) is 0 Å². The first-order valence-corrected chi connectivity index (χ1v) is 16.5. The highest BCUT2D eigenvalue weighted by Crippen LogP contribution is 2.37. The van der Waals surface area contributed by atoms with E-state index in [0.29, 0.717) is 29.2 Å². The number of benzene rings is 5. The molecule has 0 aliphatic heterocycles. The summed E-state index contributed by atoms with van der Waals surface area (Å²) in [7, 11) is 0. The first kappa shape index (κ1) is 33.8. The number of aryl methyl sites for hydroxylation is 2. The quantitative estimate of drug-likeness (QED) is 0.0924. The molecule has 0 saturated heterocycles. The van der Waals surface area contributed by atoms with Gasteiger partial charge in [0.25, 0.3) is 11.8 Å². The van der Waals surface area contributed by atoms with Gasteiger partial charge in [-0.15, -0.1) is 11.8 Å². The minimum absolute atomic E-state index is 0.0454. The van der Waals surface area contributed by atoms with Crippen LogP contribution in [0, 0.1) is 13.8 Å². The van der Waals surface area contributed by atoms with Crippen molar-refractivity contribution in [3.8, 4) is 5.75 Å². The van der Waals surface area contributed by atoms with Crippen molar-refractivity contribution in [3.05, 3.63) is 161 Å². The van der Waals surface area contributed by atoms with Crippen molar-refractivity contribution in [2.75, 3.05) is 17.2 Å². The molecule has 0 bridgehead atoms. The van der Waals surface area contributed by atoms with Gasteiger partial charge in [0.15, 0.2) is 0 Å². The van der Waals surface area contributed by atoms with Crippen molar-refractivity contribution < 1.29 is 19.1 Å². The van der Waals surface area contributed by atoms with Crippen LogP contribution in [0.5, 0.6) is 5.75 Å². The van der Waals surface area contributed by atoms with Crippen LogP contribution >= 0.6 is 11.8 Å². The fraction of sp³-hybridized carbons (Fsp3) is 0.125. The molecule has 0 aromatic heterocycles. The lowest BCUT2D eigenvalue weighted by Gasteiger charge is -2.18. The van der Waals surface area contributed by atoms with Gasteiger partial charge in [0.05, 0.1) is 6.61 Å². The number of para-hydroxylation sites is 1. The van der Waals surface area contributed by atoms with Crippen LogP contribution < -0.4 is 20.7 Å². The predicted molar refractivity (Wildman–Crippen MR) is 194 cm³/mol. The van der Waals surface area contributed by atoms with E-state index in [0.717, 1.165) is 27.3 Å². The summed E-state index contributed by atoms with van der Waals surface area (Å²) in [6.07, 6.45) is 1.60. The maximum atomic E-state index is 13.8. The number of ether oxygens (including phenoxy) is 1. The Bertz CT molecular complexity index is 1930. The standard InChI is InChI=1S/C40H37N3O4S/c1-4-47-36-21-12-11-18-31(36)25-35(43-38(44)30-16-9-6-10-17-30)39(45)41-32-19-13-20-34(26-32)48-37(29-14-7-5-8-15-29)40(46)42-33-23-22-27(2)28(3)24-33/h5-26,37H,4H2,1-3H3,(H,41,45)(H,42,46)(H,43,44)/b35-25+. The molecule has 1 unspecified atom stereocenters. The van der Waals surface area contributed by atoms with Crippen LogP contribution in [0.2, 0.25) is 0 Å². The van der Waals surface area contributed by atoms with Crippen LogP contribution in [0.3, 0.4) is 0 Å². The Balaban J connectivity index is 1.40. The van der Waals surface area contributed by atoms with Gasteiger partial charge in [0.1, 0.15) is 16.7 Å². The molecule has 0 aliphatic carbocycles. The molecule has 0 aliphatic rings. The first-order valence-electron chi connectivity index (χ1n) is 15.6. The van der Waals surface area contributed by atoms with Gasteiger partial charge in [0, 0.05) is 27.4 Å². The van der Waals surface area contributed by atoms with E-state index in [9.17, 15) is 14.4 Å². The highest BCUT2D eigenvalue weighted by Gasteiger charge is 2.23. The van der Waals surface area contributed by atoms with E-state index in [1.165, 1.54) is 11.8 Å². The van der Waals surface area contributed by atoms with Crippen molar-refractivity contribution in [3.63, 3.8) is 0 Å². The van der Waals surface area contributed by atoms with Gasteiger partial charge in [0.2, 0.25) is 5.91 Å². The van der Waals surface area contributed by atoms with E-state index in [-0.39, 0.29) is 11.6 Å². The third-order valence-electron chi connectivity index (χ3n) is 7.51. The summed E-state index contributed by atoms with van der Waals surface area (Å²) < 4.78 is 5.76. The van der Waals surface area contributed by atoms with Gasteiger partial charge in [-0.3, -0.25) is 14.4 Å². The van der Waals surface area contributed by atoms with Crippen LogP contribution in [-0.2, 0) is 9.59 Å². The molecule has 48 heavy (non-hydrogen) atoms. The molecule has 8 heteroatoms. The van der Waals surface area contributed by atoms with Gasteiger partial charge < -0.3 is 20.7 Å². The smallest absolute Gasteiger partial charge is 0.272 e. The van der Waals surface area contributed by atoms with Crippen LogP contribution in [0.15, 0.2) is 138 Å². The second kappa shape index (κ2) is 16.3.